The Labute approximate surface area is 299 Å². The van der Waals surface area contributed by atoms with E-state index in [4.69, 9.17) is 9.97 Å². The van der Waals surface area contributed by atoms with Gasteiger partial charge in [-0.25, -0.2) is 9.97 Å². The summed E-state index contributed by atoms with van der Waals surface area (Å²) in [5.41, 5.74) is 11.1. The minimum atomic E-state index is 0.668. The van der Waals surface area contributed by atoms with E-state index in [2.05, 4.69) is 179 Å². The molecule has 8 aromatic carbocycles. The SMILES string of the molecule is c1ccc(-c2nc(-n3c4ccccc4c4cc5cc(-c6ccc7c8ccccc8n(-c8ccccc8)c7c6)ccc5cc43)nc3ccccc23)cc1. The summed E-state index contributed by atoms with van der Waals surface area (Å²) >= 11 is 0. The quantitative estimate of drug-likeness (QED) is 0.188. The Morgan fingerprint density at radius 1 is 0.327 bits per heavy atom. The van der Waals surface area contributed by atoms with Crippen molar-refractivity contribution in [1.82, 2.24) is 19.1 Å². The second kappa shape index (κ2) is 11.2. The van der Waals surface area contributed by atoms with E-state index < -0.39 is 0 Å². The van der Waals surface area contributed by atoms with Crippen molar-refractivity contribution in [2.24, 2.45) is 0 Å². The largest absolute Gasteiger partial charge is 0.309 e. The molecular formula is C48H30N4. The van der Waals surface area contributed by atoms with Crippen molar-refractivity contribution in [1.29, 1.82) is 0 Å². The third kappa shape index (κ3) is 4.34. The van der Waals surface area contributed by atoms with Gasteiger partial charge in [0.1, 0.15) is 0 Å². The lowest BCUT2D eigenvalue weighted by Gasteiger charge is -2.12. The summed E-state index contributed by atoms with van der Waals surface area (Å²) in [6.07, 6.45) is 0. The maximum Gasteiger partial charge on any atom is 0.235 e. The molecule has 0 aliphatic heterocycles. The molecular weight excluding hydrogens is 633 g/mol. The van der Waals surface area contributed by atoms with Gasteiger partial charge in [0, 0.05) is 38.2 Å². The standard InChI is InChI=1S/C48H30N4/c1-3-13-31(14-4-1)47-40-19-7-10-20-42(40)49-48(50-47)52-44-22-12-9-18-38(44)41-28-35-27-32(23-24-34(35)30-46(41)52)33-25-26-39-37-17-8-11-21-43(37)51(45(39)29-33)36-15-5-2-6-16-36/h1-30H. The van der Waals surface area contributed by atoms with Gasteiger partial charge in [-0.05, 0) is 76.5 Å². The molecule has 0 N–H and O–H groups in total. The fraction of sp³-hybridized carbons (Fsp3) is 0. The number of hydrogen-bond donors (Lipinski definition) is 0. The van der Waals surface area contributed by atoms with Gasteiger partial charge in [-0.1, -0.05) is 127 Å². The monoisotopic (exact) mass is 662 g/mol. The molecule has 0 unspecified atom stereocenters. The Morgan fingerprint density at radius 2 is 0.923 bits per heavy atom. The first-order chi connectivity index (χ1) is 25.8. The number of hydrogen-bond acceptors (Lipinski definition) is 2. The third-order valence-corrected chi connectivity index (χ3v) is 10.5. The molecule has 52 heavy (non-hydrogen) atoms. The first-order valence-corrected chi connectivity index (χ1v) is 17.7. The van der Waals surface area contributed by atoms with Gasteiger partial charge in [0.05, 0.1) is 33.3 Å². The predicted octanol–water partition coefficient (Wildman–Crippen LogP) is 12.3. The summed E-state index contributed by atoms with van der Waals surface area (Å²) in [6, 6.07) is 65.0. The molecule has 0 spiro atoms. The van der Waals surface area contributed by atoms with Crippen molar-refractivity contribution in [2.75, 3.05) is 0 Å². The maximum atomic E-state index is 5.27. The second-order valence-electron chi connectivity index (χ2n) is 13.5. The van der Waals surface area contributed by atoms with Crippen LogP contribution in [0.1, 0.15) is 0 Å². The fourth-order valence-electron chi connectivity index (χ4n) is 8.09. The van der Waals surface area contributed by atoms with Crippen LogP contribution in [0.4, 0.5) is 0 Å². The lowest BCUT2D eigenvalue weighted by atomic mass is 9.98. The molecule has 11 rings (SSSR count). The lowest BCUT2D eigenvalue weighted by molar-refractivity contribution is 1.01. The van der Waals surface area contributed by atoms with Crippen LogP contribution in [0.2, 0.25) is 0 Å². The number of rotatable bonds is 4. The van der Waals surface area contributed by atoms with Crippen LogP contribution in [0.25, 0.3) is 99.3 Å². The average molecular weight is 663 g/mol. The number of benzene rings is 8. The molecule has 11 aromatic rings. The van der Waals surface area contributed by atoms with Crippen LogP contribution in [0.15, 0.2) is 182 Å². The average Bonchev–Trinajstić information content (AvgIpc) is 3.72. The number of aromatic nitrogens is 4. The first kappa shape index (κ1) is 28.8. The van der Waals surface area contributed by atoms with Crippen LogP contribution in [-0.4, -0.2) is 19.1 Å². The Bertz CT molecular complexity index is 3170. The fourth-order valence-corrected chi connectivity index (χ4v) is 8.09. The Morgan fingerprint density at radius 3 is 1.73 bits per heavy atom. The molecule has 0 bridgehead atoms. The van der Waals surface area contributed by atoms with Gasteiger partial charge in [0.15, 0.2) is 0 Å². The van der Waals surface area contributed by atoms with E-state index in [9.17, 15) is 0 Å². The molecule has 0 saturated heterocycles. The zero-order chi connectivity index (χ0) is 34.2. The number of nitrogens with zero attached hydrogens (tertiary/aromatic N) is 4. The van der Waals surface area contributed by atoms with Crippen LogP contribution in [0, 0.1) is 0 Å². The highest BCUT2D eigenvalue weighted by molar-refractivity contribution is 6.14. The molecule has 0 aliphatic rings. The molecule has 0 radical (unpaired) electrons. The molecule has 0 amide bonds. The van der Waals surface area contributed by atoms with Crippen LogP contribution in [-0.2, 0) is 0 Å². The minimum absolute atomic E-state index is 0.668. The summed E-state index contributed by atoms with van der Waals surface area (Å²) < 4.78 is 4.61. The molecule has 3 aromatic heterocycles. The van der Waals surface area contributed by atoms with Crippen molar-refractivity contribution in [2.45, 2.75) is 0 Å². The Hall–Kier alpha value is -7.04. The summed E-state index contributed by atoms with van der Waals surface area (Å²) in [5, 5.41) is 8.28. The maximum absolute atomic E-state index is 5.27. The number of fused-ring (bicyclic) bond motifs is 8. The molecule has 0 atom stereocenters. The van der Waals surface area contributed by atoms with Crippen LogP contribution < -0.4 is 0 Å². The highest BCUT2D eigenvalue weighted by atomic mass is 15.2. The molecule has 4 nitrogen and oxygen atoms in total. The Balaban J connectivity index is 1.11. The minimum Gasteiger partial charge on any atom is -0.309 e. The molecule has 242 valence electrons. The summed E-state index contributed by atoms with van der Waals surface area (Å²) in [6.45, 7) is 0. The van der Waals surface area contributed by atoms with Gasteiger partial charge in [-0.15, -0.1) is 0 Å². The van der Waals surface area contributed by atoms with Gasteiger partial charge in [-0.2, -0.15) is 0 Å². The zero-order valence-corrected chi connectivity index (χ0v) is 28.1. The highest BCUT2D eigenvalue weighted by Crippen LogP contribution is 2.38. The van der Waals surface area contributed by atoms with E-state index in [-0.39, 0.29) is 0 Å². The topological polar surface area (TPSA) is 35.6 Å². The third-order valence-electron chi connectivity index (χ3n) is 10.5. The molecule has 0 aliphatic carbocycles. The van der Waals surface area contributed by atoms with Crippen molar-refractivity contribution in [3.8, 4) is 34.0 Å². The van der Waals surface area contributed by atoms with E-state index in [1.807, 2.05) is 12.1 Å². The summed E-state index contributed by atoms with van der Waals surface area (Å²) in [7, 11) is 0. The molecule has 3 heterocycles. The van der Waals surface area contributed by atoms with E-state index in [1.54, 1.807) is 0 Å². The molecule has 0 fully saturated rings. The van der Waals surface area contributed by atoms with Crippen molar-refractivity contribution in [3.05, 3.63) is 182 Å². The smallest absolute Gasteiger partial charge is 0.235 e. The van der Waals surface area contributed by atoms with Crippen molar-refractivity contribution in [3.63, 3.8) is 0 Å². The van der Waals surface area contributed by atoms with E-state index >= 15 is 0 Å². The first-order valence-electron chi connectivity index (χ1n) is 17.7. The van der Waals surface area contributed by atoms with Gasteiger partial charge in [0.25, 0.3) is 0 Å². The van der Waals surface area contributed by atoms with Gasteiger partial charge in [0.2, 0.25) is 5.95 Å². The Kier molecular flexibility index (Phi) is 6.22. The number of para-hydroxylation sites is 4. The van der Waals surface area contributed by atoms with Gasteiger partial charge >= 0.3 is 0 Å². The summed E-state index contributed by atoms with van der Waals surface area (Å²) in [4.78, 5) is 10.4. The van der Waals surface area contributed by atoms with Crippen LogP contribution in [0.5, 0.6) is 0 Å². The normalized spacial score (nSPS) is 11.8. The van der Waals surface area contributed by atoms with E-state index in [0.717, 1.165) is 38.9 Å². The highest BCUT2D eigenvalue weighted by Gasteiger charge is 2.18. The predicted molar refractivity (Wildman–Crippen MR) is 217 cm³/mol. The van der Waals surface area contributed by atoms with E-state index in [1.165, 1.54) is 54.5 Å². The molecule has 0 saturated carbocycles. The zero-order valence-electron chi connectivity index (χ0n) is 28.1. The molecule has 4 heteroatoms. The van der Waals surface area contributed by atoms with Gasteiger partial charge < -0.3 is 4.57 Å². The van der Waals surface area contributed by atoms with Gasteiger partial charge in [-0.3, -0.25) is 4.57 Å². The van der Waals surface area contributed by atoms with Crippen LogP contribution in [0.3, 0.4) is 0 Å². The van der Waals surface area contributed by atoms with Crippen molar-refractivity contribution < 1.29 is 0 Å². The lowest BCUT2D eigenvalue weighted by Crippen LogP contribution is -2.03. The van der Waals surface area contributed by atoms with Crippen molar-refractivity contribution >= 4 is 65.3 Å². The summed E-state index contributed by atoms with van der Waals surface area (Å²) in [5.74, 6) is 0.668. The second-order valence-corrected chi connectivity index (χ2v) is 13.5. The van der Waals surface area contributed by atoms with Crippen LogP contribution >= 0.6 is 0 Å². The van der Waals surface area contributed by atoms with E-state index in [0.29, 0.717) is 5.95 Å².